The molecular weight excluding hydrogens is 234 g/mol. The van der Waals surface area contributed by atoms with Crippen LogP contribution in [0, 0.1) is 0 Å². The van der Waals surface area contributed by atoms with E-state index in [4.69, 9.17) is 0 Å². The number of aliphatic hydroxyl groups excluding tert-OH is 1. The summed E-state index contributed by atoms with van der Waals surface area (Å²) in [5.74, 6) is 0. The van der Waals surface area contributed by atoms with Gasteiger partial charge in [-0.1, -0.05) is 55.5 Å². The van der Waals surface area contributed by atoms with Gasteiger partial charge >= 0.3 is 0 Å². The Labute approximate surface area is 115 Å². The molecule has 2 aromatic carbocycles. The van der Waals surface area contributed by atoms with Crippen LogP contribution in [0.1, 0.15) is 24.5 Å². The number of hydrogen-bond acceptors (Lipinski definition) is 2. The van der Waals surface area contributed by atoms with Gasteiger partial charge in [-0.15, -0.1) is 0 Å². The molecule has 19 heavy (non-hydrogen) atoms. The monoisotopic (exact) mass is 255 g/mol. The molecule has 0 fully saturated rings. The minimum atomic E-state index is -0.287. The van der Waals surface area contributed by atoms with Gasteiger partial charge in [0.05, 0.1) is 6.10 Å². The second kappa shape index (κ2) is 6.95. The molecule has 2 aromatic rings. The molecule has 2 N–H and O–H groups in total. The summed E-state index contributed by atoms with van der Waals surface area (Å²) in [4.78, 5) is 0. The molecule has 0 amide bonds. The van der Waals surface area contributed by atoms with Crippen LogP contribution in [0.3, 0.4) is 0 Å². The van der Waals surface area contributed by atoms with Crippen LogP contribution in [0.25, 0.3) is 0 Å². The number of aliphatic hydroxyl groups is 1. The van der Waals surface area contributed by atoms with Gasteiger partial charge in [-0.2, -0.15) is 0 Å². The first-order valence-corrected chi connectivity index (χ1v) is 6.83. The fourth-order valence-corrected chi connectivity index (χ4v) is 2.03. The first kappa shape index (κ1) is 13.6. The first-order chi connectivity index (χ1) is 9.29. The summed E-state index contributed by atoms with van der Waals surface area (Å²) in [6.45, 7) is 2.59. The van der Waals surface area contributed by atoms with Gasteiger partial charge in [-0.3, -0.25) is 0 Å². The largest absolute Gasteiger partial charge is 0.391 e. The van der Waals surface area contributed by atoms with E-state index in [9.17, 15) is 5.11 Å². The van der Waals surface area contributed by atoms with E-state index in [1.165, 1.54) is 11.1 Å². The SMILES string of the molecule is CCC(O)CNc1ccccc1Cc1ccccc1. The summed E-state index contributed by atoms with van der Waals surface area (Å²) in [5, 5.41) is 13.0. The molecule has 0 bridgehead atoms. The Kier molecular flexibility index (Phi) is 4.99. The Morgan fingerprint density at radius 1 is 1.00 bits per heavy atom. The average molecular weight is 255 g/mol. The van der Waals surface area contributed by atoms with Crippen molar-refractivity contribution in [1.29, 1.82) is 0 Å². The molecular formula is C17H21NO. The molecule has 0 aliphatic carbocycles. The minimum Gasteiger partial charge on any atom is -0.391 e. The zero-order chi connectivity index (χ0) is 13.5. The average Bonchev–Trinajstić information content (AvgIpc) is 2.47. The van der Waals surface area contributed by atoms with Crippen molar-refractivity contribution < 1.29 is 5.11 Å². The second-order valence-electron chi connectivity index (χ2n) is 4.76. The normalized spacial score (nSPS) is 12.1. The van der Waals surface area contributed by atoms with Crippen LogP contribution in [0.2, 0.25) is 0 Å². The van der Waals surface area contributed by atoms with Crippen molar-refractivity contribution in [3.05, 3.63) is 65.7 Å². The Bertz CT molecular complexity index is 496. The van der Waals surface area contributed by atoms with E-state index in [2.05, 4.69) is 47.8 Å². The molecule has 0 saturated heterocycles. The van der Waals surface area contributed by atoms with E-state index >= 15 is 0 Å². The van der Waals surface area contributed by atoms with Crippen LogP contribution < -0.4 is 5.32 Å². The number of rotatable bonds is 6. The lowest BCUT2D eigenvalue weighted by Crippen LogP contribution is -2.18. The van der Waals surface area contributed by atoms with Crippen LogP contribution in [-0.4, -0.2) is 17.8 Å². The van der Waals surface area contributed by atoms with E-state index in [0.717, 1.165) is 18.5 Å². The van der Waals surface area contributed by atoms with E-state index in [1.807, 2.05) is 19.1 Å². The molecule has 2 rings (SSSR count). The third-order valence-electron chi connectivity index (χ3n) is 3.25. The van der Waals surface area contributed by atoms with Gasteiger partial charge in [-0.25, -0.2) is 0 Å². The summed E-state index contributed by atoms with van der Waals surface area (Å²) in [5.41, 5.74) is 3.67. The van der Waals surface area contributed by atoms with Gasteiger partial charge in [0.25, 0.3) is 0 Å². The Morgan fingerprint density at radius 3 is 2.42 bits per heavy atom. The molecule has 0 saturated carbocycles. The Hall–Kier alpha value is -1.80. The molecule has 0 heterocycles. The molecule has 2 heteroatoms. The maximum Gasteiger partial charge on any atom is 0.0709 e. The maximum absolute atomic E-state index is 9.64. The molecule has 0 aliphatic rings. The van der Waals surface area contributed by atoms with Gasteiger partial charge in [0.2, 0.25) is 0 Å². The Balaban J connectivity index is 2.08. The number of benzene rings is 2. The smallest absolute Gasteiger partial charge is 0.0709 e. The topological polar surface area (TPSA) is 32.3 Å². The predicted molar refractivity (Wildman–Crippen MR) is 80.5 cm³/mol. The highest BCUT2D eigenvalue weighted by Crippen LogP contribution is 2.19. The highest BCUT2D eigenvalue weighted by molar-refractivity contribution is 5.52. The summed E-state index contributed by atoms with van der Waals surface area (Å²) in [6, 6.07) is 18.7. The molecule has 100 valence electrons. The van der Waals surface area contributed by atoms with E-state index in [-0.39, 0.29) is 6.10 Å². The number of para-hydroxylation sites is 1. The molecule has 0 radical (unpaired) electrons. The molecule has 0 aromatic heterocycles. The van der Waals surface area contributed by atoms with Gasteiger partial charge in [-0.05, 0) is 30.0 Å². The molecule has 0 aliphatic heterocycles. The quantitative estimate of drug-likeness (QED) is 0.828. The minimum absolute atomic E-state index is 0.287. The number of hydrogen-bond donors (Lipinski definition) is 2. The molecule has 2 nitrogen and oxygen atoms in total. The predicted octanol–water partition coefficient (Wildman–Crippen LogP) is 3.46. The van der Waals surface area contributed by atoms with Crippen LogP contribution in [-0.2, 0) is 6.42 Å². The second-order valence-corrected chi connectivity index (χ2v) is 4.76. The van der Waals surface area contributed by atoms with Gasteiger partial charge in [0.1, 0.15) is 0 Å². The fraction of sp³-hybridized carbons (Fsp3) is 0.294. The highest BCUT2D eigenvalue weighted by atomic mass is 16.3. The van der Waals surface area contributed by atoms with Crippen molar-refractivity contribution in [1.82, 2.24) is 0 Å². The molecule has 1 unspecified atom stereocenters. The summed E-state index contributed by atoms with van der Waals surface area (Å²) >= 11 is 0. The van der Waals surface area contributed by atoms with Gasteiger partial charge in [0, 0.05) is 12.2 Å². The lowest BCUT2D eigenvalue weighted by atomic mass is 10.0. The Morgan fingerprint density at radius 2 is 1.68 bits per heavy atom. The van der Waals surface area contributed by atoms with Crippen LogP contribution in [0.4, 0.5) is 5.69 Å². The van der Waals surface area contributed by atoms with E-state index < -0.39 is 0 Å². The van der Waals surface area contributed by atoms with Crippen molar-refractivity contribution in [2.45, 2.75) is 25.9 Å². The lowest BCUT2D eigenvalue weighted by molar-refractivity contribution is 0.183. The highest BCUT2D eigenvalue weighted by Gasteiger charge is 2.05. The molecule has 0 spiro atoms. The standard InChI is InChI=1S/C17H21NO/c1-2-16(19)13-18-17-11-7-6-10-15(17)12-14-8-4-3-5-9-14/h3-11,16,18-19H,2,12-13H2,1H3. The van der Waals surface area contributed by atoms with Crippen molar-refractivity contribution >= 4 is 5.69 Å². The zero-order valence-corrected chi connectivity index (χ0v) is 11.3. The molecule has 1 atom stereocenters. The maximum atomic E-state index is 9.64. The van der Waals surface area contributed by atoms with Gasteiger partial charge < -0.3 is 10.4 Å². The van der Waals surface area contributed by atoms with Crippen molar-refractivity contribution in [2.24, 2.45) is 0 Å². The first-order valence-electron chi connectivity index (χ1n) is 6.83. The lowest BCUT2D eigenvalue weighted by Gasteiger charge is -2.14. The third kappa shape index (κ3) is 4.11. The van der Waals surface area contributed by atoms with Crippen molar-refractivity contribution in [3.8, 4) is 0 Å². The summed E-state index contributed by atoms with van der Waals surface area (Å²) < 4.78 is 0. The van der Waals surface area contributed by atoms with Crippen LogP contribution in [0.15, 0.2) is 54.6 Å². The fourth-order valence-electron chi connectivity index (χ4n) is 2.03. The van der Waals surface area contributed by atoms with Crippen LogP contribution >= 0.6 is 0 Å². The third-order valence-corrected chi connectivity index (χ3v) is 3.25. The zero-order valence-electron chi connectivity index (χ0n) is 11.3. The van der Waals surface area contributed by atoms with E-state index in [1.54, 1.807) is 0 Å². The van der Waals surface area contributed by atoms with Crippen molar-refractivity contribution in [3.63, 3.8) is 0 Å². The summed E-state index contributed by atoms with van der Waals surface area (Å²) in [7, 11) is 0. The van der Waals surface area contributed by atoms with E-state index in [0.29, 0.717) is 6.54 Å². The van der Waals surface area contributed by atoms with Crippen molar-refractivity contribution in [2.75, 3.05) is 11.9 Å². The number of nitrogens with one attached hydrogen (secondary N) is 1. The van der Waals surface area contributed by atoms with Gasteiger partial charge in [0.15, 0.2) is 0 Å². The summed E-state index contributed by atoms with van der Waals surface area (Å²) in [6.07, 6.45) is 1.39. The number of anilines is 1. The van der Waals surface area contributed by atoms with Crippen LogP contribution in [0.5, 0.6) is 0 Å².